The van der Waals surface area contributed by atoms with Crippen molar-refractivity contribution in [2.45, 2.75) is 70.5 Å². The number of carbonyl (C=O) groups excluding carboxylic acids is 4. The van der Waals surface area contributed by atoms with Crippen LogP contribution in [0.3, 0.4) is 0 Å². The van der Waals surface area contributed by atoms with Gasteiger partial charge in [-0.15, -0.1) is 0 Å². The van der Waals surface area contributed by atoms with Crippen molar-refractivity contribution in [1.82, 2.24) is 16.0 Å². The zero-order valence-electron chi connectivity index (χ0n) is 21.0. The molecule has 0 aliphatic heterocycles. The highest BCUT2D eigenvalue weighted by Gasteiger charge is 2.63. The molecule has 212 valence electrons. The molecule has 1 aromatic carbocycles. The Bertz CT molecular complexity index is 1040. The molecule has 0 spiro atoms. The monoisotopic (exact) mass is 553 g/mol. The third-order valence-corrected chi connectivity index (χ3v) is 6.45. The summed E-state index contributed by atoms with van der Waals surface area (Å²) in [4.78, 5) is 50.2. The number of methoxy groups -OCH3 is 1. The second-order valence-corrected chi connectivity index (χ2v) is 9.44. The highest BCUT2D eigenvalue weighted by Crippen LogP contribution is 2.53. The lowest BCUT2D eigenvalue weighted by Gasteiger charge is -2.41. The van der Waals surface area contributed by atoms with E-state index in [9.17, 15) is 45.5 Å². The molecular weight excluding hydrogens is 524 g/mol. The van der Waals surface area contributed by atoms with Gasteiger partial charge in [0, 0.05) is 0 Å². The predicted molar refractivity (Wildman–Crippen MR) is 122 cm³/mol. The Morgan fingerprint density at radius 1 is 0.868 bits per heavy atom. The minimum Gasteiger partial charge on any atom is -0.497 e. The van der Waals surface area contributed by atoms with Crippen molar-refractivity contribution in [3.05, 3.63) is 29.8 Å². The number of hydrogen-bond donors (Lipinski definition) is 3. The van der Waals surface area contributed by atoms with Crippen molar-refractivity contribution in [1.29, 1.82) is 0 Å². The number of alkyl halides is 6. The Hall–Kier alpha value is -3.32. The minimum absolute atomic E-state index is 0.0721. The summed E-state index contributed by atoms with van der Waals surface area (Å²) >= 11 is 0. The van der Waals surface area contributed by atoms with E-state index in [2.05, 4.69) is 5.32 Å². The first kappa shape index (κ1) is 30.9. The first-order valence-corrected chi connectivity index (χ1v) is 11.7. The molecule has 0 bridgehead atoms. The standard InChI is InChI=1S/C24H29F6N3O5/c1-12(2)16(18(34)23(25,26)27)32-20(36)17(14-6-8-15(38-4)9-7-14)33-19(35)13(3)31-21(37)22(10-5-11-22)24(28,29)30/h6-9,12-13,16-17H,5,10-11H2,1-4H3,(H,31,37)(H,32,36)(H,33,35)/t13-,16-,17-/m0/s1. The maximum absolute atomic E-state index is 13.5. The highest BCUT2D eigenvalue weighted by atomic mass is 19.4. The molecule has 0 radical (unpaired) electrons. The zero-order valence-corrected chi connectivity index (χ0v) is 21.0. The van der Waals surface area contributed by atoms with Gasteiger partial charge in [-0.3, -0.25) is 19.2 Å². The van der Waals surface area contributed by atoms with Crippen molar-refractivity contribution in [3.8, 4) is 5.75 Å². The summed E-state index contributed by atoms with van der Waals surface area (Å²) in [5.74, 6) is -6.46. The lowest BCUT2D eigenvalue weighted by molar-refractivity contribution is -0.243. The van der Waals surface area contributed by atoms with Crippen molar-refractivity contribution in [3.63, 3.8) is 0 Å². The molecular formula is C24H29F6N3O5. The lowest BCUT2D eigenvalue weighted by Crippen LogP contribution is -2.59. The van der Waals surface area contributed by atoms with Crippen LogP contribution >= 0.6 is 0 Å². The van der Waals surface area contributed by atoms with E-state index >= 15 is 0 Å². The molecule has 1 saturated carbocycles. The molecule has 8 nitrogen and oxygen atoms in total. The molecule has 1 aliphatic rings. The first-order valence-electron chi connectivity index (χ1n) is 11.7. The summed E-state index contributed by atoms with van der Waals surface area (Å²) in [5.41, 5.74) is -2.54. The van der Waals surface area contributed by atoms with Crippen LogP contribution in [0.2, 0.25) is 0 Å². The number of ether oxygens (including phenoxy) is 1. The largest absolute Gasteiger partial charge is 0.497 e. The topological polar surface area (TPSA) is 114 Å². The van der Waals surface area contributed by atoms with Gasteiger partial charge in [0.25, 0.3) is 5.78 Å². The predicted octanol–water partition coefficient (Wildman–Crippen LogP) is 3.36. The fourth-order valence-corrected chi connectivity index (χ4v) is 3.88. The molecule has 3 N–H and O–H groups in total. The van der Waals surface area contributed by atoms with Gasteiger partial charge in [-0.2, -0.15) is 26.3 Å². The van der Waals surface area contributed by atoms with Crippen molar-refractivity contribution in [2.75, 3.05) is 7.11 Å². The molecule has 3 amide bonds. The molecule has 1 aliphatic carbocycles. The van der Waals surface area contributed by atoms with Crippen LogP contribution in [0.4, 0.5) is 26.3 Å². The zero-order chi connectivity index (χ0) is 29.1. The molecule has 0 saturated heterocycles. The number of halogens is 6. The van der Waals surface area contributed by atoms with E-state index < -0.39 is 78.2 Å². The maximum atomic E-state index is 13.5. The summed E-state index contributed by atoms with van der Waals surface area (Å²) < 4.78 is 84.6. The minimum atomic E-state index is -5.24. The normalized spacial score (nSPS) is 17.4. The van der Waals surface area contributed by atoms with E-state index in [0.29, 0.717) is 5.75 Å². The lowest BCUT2D eigenvalue weighted by atomic mass is 9.67. The summed E-state index contributed by atoms with van der Waals surface area (Å²) in [6, 6.07) is 0.298. The molecule has 1 aromatic rings. The van der Waals surface area contributed by atoms with Gasteiger partial charge in [0.2, 0.25) is 17.7 Å². The Balaban J connectivity index is 2.28. The van der Waals surface area contributed by atoms with Gasteiger partial charge in [0.1, 0.15) is 23.2 Å². The number of nitrogens with one attached hydrogen (secondary N) is 3. The van der Waals surface area contributed by atoms with Crippen molar-refractivity contribution < 1.29 is 50.3 Å². The molecule has 1 fully saturated rings. The average molecular weight is 554 g/mol. The molecule has 38 heavy (non-hydrogen) atoms. The Morgan fingerprint density at radius 3 is 1.82 bits per heavy atom. The molecule has 0 unspecified atom stereocenters. The van der Waals surface area contributed by atoms with Crippen LogP contribution in [0.15, 0.2) is 24.3 Å². The number of hydrogen-bond acceptors (Lipinski definition) is 5. The van der Waals surface area contributed by atoms with Gasteiger partial charge in [0.05, 0.1) is 13.2 Å². The number of Topliss-reactive ketones (excluding diaryl/α,β-unsaturated/α-hetero) is 1. The Labute approximate surface area is 214 Å². The van der Waals surface area contributed by atoms with Crippen LogP contribution < -0.4 is 20.7 Å². The van der Waals surface area contributed by atoms with Crippen molar-refractivity contribution in [2.24, 2.45) is 11.3 Å². The van der Waals surface area contributed by atoms with Crippen LogP contribution in [0.5, 0.6) is 5.75 Å². The number of benzene rings is 1. The van der Waals surface area contributed by atoms with Gasteiger partial charge < -0.3 is 20.7 Å². The van der Waals surface area contributed by atoms with Gasteiger partial charge in [-0.05, 0) is 43.4 Å². The molecule has 14 heteroatoms. The number of amides is 3. The van der Waals surface area contributed by atoms with E-state index in [1.165, 1.54) is 45.2 Å². The fourth-order valence-electron chi connectivity index (χ4n) is 3.88. The van der Waals surface area contributed by atoms with E-state index in [4.69, 9.17) is 4.74 Å². The number of ketones is 1. The quantitative estimate of drug-likeness (QED) is 0.385. The highest BCUT2D eigenvalue weighted by molar-refractivity contribution is 5.97. The third kappa shape index (κ3) is 6.76. The van der Waals surface area contributed by atoms with Crippen LogP contribution in [0, 0.1) is 11.3 Å². The SMILES string of the molecule is COc1ccc([C@H](NC(=O)[C@H](C)NC(=O)C2(C(F)(F)F)CCC2)C(=O)N[C@H](C(=O)C(F)(F)F)C(C)C)cc1. The summed E-state index contributed by atoms with van der Waals surface area (Å²) in [6.07, 6.45) is -10.8. The third-order valence-electron chi connectivity index (χ3n) is 6.45. The molecule has 0 heterocycles. The summed E-state index contributed by atoms with van der Waals surface area (Å²) in [6.45, 7) is 3.66. The molecule has 0 aromatic heterocycles. The van der Waals surface area contributed by atoms with Gasteiger partial charge >= 0.3 is 12.4 Å². The van der Waals surface area contributed by atoms with E-state index in [0.717, 1.165) is 6.92 Å². The van der Waals surface area contributed by atoms with Crippen LogP contribution in [0.1, 0.15) is 51.6 Å². The Morgan fingerprint density at radius 2 is 1.42 bits per heavy atom. The van der Waals surface area contributed by atoms with E-state index in [1.54, 1.807) is 0 Å². The Kier molecular flexibility index (Phi) is 9.43. The molecule has 2 rings (SSSR count). The molecule has 3 atom stereocenters. The van der Waals surface area contributed by atoms with Gasteiger partial charge in [-0.25, -0.2) is 0 Å². The van der Waals surface area contributed by atoms with Crippen LogP contribution in [0.25, 0.3) is 0 Å². The van der Waals surface area contributed by atoms with Crippen LogP contribution in [-0.2, 0) is 19.2 Å². The summed E-state index contributed by atoms with van der Waals surface area (Å²) in [5, 5.41) is 6.26. The van der Waals surface area contributed by atoms with Gasteiger partial charge in [0.15, 0.2) is 0 Å². The fraction of sp³-hybridized carbons (Fsp3) is 0.583. The smallest absolute Gasteiger partial charge is 0.452 e. The van der Waals surface area contributed by atoms with E-state index in [-0.39, 0.29) is 12.0 Å². The summed E-state index contributed by atoms with van der Waals surface area (Å²) in [7, 11) is 1.36. The second kappa shape index (κ2) is 11.6. The van der Waals surface area contributed by atoms with Crippen LogP contribution in [-0.4, -0.2) is 55.1 Å². The average Bonchev–Trinajstić information content (AvgIpc) is 2.77. The number of rotatable bonds is 10. The van der Waals surface area contributed by atoms with Gasteiger partial charge in [-0.1, -0.05) is 32.4 Å². The maximum Gasteiger partial charge on any atom is 0.452 e. The van der Waals surface area contributed by atoms with Crippen molar-refractivity contribution >= 4 is 23.5 Å². The van der Waals surface area contributed by atoms with E-state index in [1.807, 2.05) is 10.6 Å². The second-order valence-electron chi connectivity index (χ2n) is 9.44. The first-order chi connectivity index (χ1) is 17.4. The number of carbonyl (C=O) groups is 4.